The number of nitrogens with one attached hydrogen (secondary N) is 1. The van der Waals surface area contributed by atoms with E-state index in [1.165, 1.54) is 12.1 Å². The molecule has 0 spiro atoms. The Hall–Kier alpha value is -2.73. The number of hydrazone groups is 1. The Kier molecular flexibility index (Phi) is 16.7. The second-order valence-corrected chi connectivity index (χ2v) is 7.31. The van der Waals surface area contributed by atoms with Crippen LogP contribution in [0.4, 0.5) is 0 Å². The molecule has 6 nitrogen and oxygen atoms in total. The molecule has 0 aromatic heterocycles. The molecule has 0 bridgehead atoms. The van der Waals surface area contributed by atoms with E-state index in [9.17, 15) is 9.59 Å². The Morgan fingerprint density at radius 2 is 1.71 bits per heavy atom. The van der Waals surface area contributed by atoms with Gasteiger partial charge >= 0.3 is 0 Å². The quantitative estimate of drug-likeness (QED) is 0.406. The van der Waals surface area contributed by atoms with Gasteiger partial charge in [-0.2, -0.15) is 5.10 Å². The van der Waals surface area contributed by atoms with Gasteiger partial charge in [0.05, 0.1) is 0 Å². The van der Waals surface area contributed by atoms with Crippen LogP contribution in [0.2, 0.25) is 0 Å². The van der Waals surface area contributed by atoms with E-state index in [1.54, 1.807) is 6.08 Å². The zero-order valence-corrected chi connectivity index (χ0v) is 20.9. The van der Waals surface area contributed by atoms with Gasteiger partial charge in [0.2, 0.25) is 5.91 Å². The Morgan fingerprint density at radius 1 is 1.13 bits per heavy atom. The third-order valence-electron chi connectivity index (χ3n) is 3.45. The molecule has 0 radical (unpaired) electrons. The summed E-state index contributed by atoms with van der Waals surface area (Å²) in [7, 11) is 1.53. The van der Waals surface area contributed by atoms with Crippen molar-refractivity contribution in [3.05, 3.63) is 58.5 Å². The fourth-order valence-corrected chi connectivity index (χ4v) is 1.85. The van der Waals surface area contributed by atoms with Crippen LogP contribution in [0.5, 0.6) is 0 Å². The third kappa shape index (κ3) is 14.8. The maximum atomic E-state index is 11.9. The molecular weight excluding hydrogens is 412 g/mol. The van der Waals surface area contributed by atoms with Gasteiger partial charge in [-0.05, 0) is 53.5 Å². The number of carbonyl (C=O) groups is 2. The molecule has 0 fully saturated rings. The van der Waals surface area contributed by atoms with Gasteiger partial charge in [-0.15, -0.1) is 0 Å². The van der Waals surface area contributed by atoms with Gasteiger partial charge in [-0.1, -0.05) is 60.9 Å². The summed E-state index contributed by atoms with van der Waals surface area (Å²) in [6, 6.07) is 0. The molecule has 31 heavy (non-hydrogen) atoms. The highest BCUT2D eigenvalue weighted by molar-refractivity contribution is 6.39. The van der Waals surface area contributed by atoms with Crippen LogP contribution in [0.3, 0.4) is 0 Å². The van der Waals surface area contributed by atoms with Gasteiger partial charge in [-0.3, -0.25) is 9.59 Å². The minimum Gasteiger partial charge on any atom is -0.305 e. The molecule has 7 heteroatoms. The van der Waals surface area contributed by atoms with E-state index in [-0.39, 0.29) is 18.2 Å². The maximum absolute atomic E-state index is 11.9. The van der Waals surface area contributed by atoms with Crippen LogP contribution in [-0.4, -0.2) is 36.3 Å². The molecule has 1 heterocycles. The molecule has 1 aliphatic rings. The van der Waals surface area contributed by atoms with Crippen molar-refractivity contribution in [3.8, 4) is 0 Å². The highest BCUT2D eigenvalue weighted by atomic mass is 35.5. The summed E-state index contributed by atoms with van der Waals surface area (Å²) in [6.45, 7) is 20.9. The Labute approximate surface area is 192 Å². The molecule has 0 aliphatic carbocycles. The zero-order chi connectivity index (χ0) is 24.6. The predicted octanol–water partition coefficient (Wildman–Crippen LogP) is 5.90. The summed E-state index contributed by atoms with van der Waals surface area (Å²) in [5.74, 6) is -0.104. The topological polar surface area (TPSA) is 74.1 Å². The summed E-state index contributed by atoms with van der Waals surface area (Å²) in [5, 5.41) is 8.51. The molecule has 1 aliphatic heterocycles. The van der Waals surface area contributed by atoms with Gasteiger partial charge in [0.15, 0.2) is 0 Å². The van der Waals surface area contributed by atoms with Crippen molar-refractivity contribution in [2.45, 2.75) is 61.3 Å². The Bertz CT molecular complexity index is 794. The van der Waals surface area contributed by atoms with Crippen molar-refractivity contribution >= 4 is 35.8 Å². The first-order valence-corrected chi connectivity index (χ1v) is 10.5. The van der Waals surface area contributed by atoms with Crippen molar-refractivity contribution < 1.29 is 9.59 Å². The molecule has 1 rings (SSSR count). The van der Waals surface area contributed by atoms with E-state index >= 15 is 0 Å². The van der Waals surface area contributed by atoms with Crippen molar-refractivity contribution in [2.24, 2.45) is 10.1 Å². The van der Waals surface area contributed by atoms with Crippen molar-refractivity contribution in [2.75, 3.05) is 7.05 Å². The number of allylic oxidation sites excluding steroid dienone is 8. The van der Waals surface area contributed by atoms with Crippen LogP contribution < -0.4 is 5.32 Å². The average Bonchev–Trinajstić information content (AvgIpc) is 2.72. The molecule has 0 atom stereocenters. The average molecular weight is 449 g/mol. The van der Waals surface area contributed by atoms with Gasteiger partial charge < -0.3 is 5.32 Å². The lowest BCUT2D eigenvalue weighted by molar-refractivity contribution is -0.130. The zero-order valence-electron chi connectivity index (χ0n) is 20.2. The first-order valence-electron chi connectivity index (χ1n) is 10.1. The van der Waals surface area contributed by atoms with Crippen molar-refractivity contribution in [3.63, 3.8) is 0 Å². The number of hydrogen-bond acceptors (Lipinski definition) is 4. The van der Waals surface area contributed by atoms with Crippen LogP contribution in [0.15, 0.2) is 68.5 Å². The number of aliphatic imine (C=N–C) groups is 1. The second-order valence-electron chi connectivity index (χ2n) is 6.90. The monoisotopic (exact) mass is 448 g/mol. The highest BCUT2D eigenvalue weighted by Crippen LogP contribution is 2.10. The fraction of sp³-hybridized carbons (Fsp3) is 0.417. The number of nitrogens with zero attached hydrogens (tertiary/aromatic N) is 3. The number of halogens is 1. The van der Waals surface area contributed by atoms with Gasteiger partial charge in [-0.25, -0.2) is 10.0 Å². The summed E-state index contributed by atoms with van der Waals surface area (Å²) in [4.78, 5) is 26.9. The van der Waals surface area contributed by atoms with Gasteiger partial charge in [0.25, 0.3) is 5.91 Å². The molecule has 0 saturated carbocycles. The smallest absolute Gasteiger partial charge is 0.273 e. The molecular formula is C24H37ClN4O2. The minimum atomic E-state index is -0.361. The summed E-state index contributed by atoms with van der Waals surface area (Å²) in [5.41, 5.74) is 3.53. The Morgan fingerprint density at radius 3 is 2.13 bits per heavy atom. The summed E-state index contributed by atoms with van der Waals surface area (Å²) in [6.07, 6.45) is 7.87. The van der Waals surface area contributed by atoms with Crippen molar-refractivity contribution in [1.82, 2.24) is 10.3 Å². The van der Waals surface area contributed by atoms with E-state index in [1.807, 2.05) is 66.7 Å². The third-order valence-corrected chi connectivity index (χ3v) is 3.95. The van der Waals surface area contributed by atoms with Crippen molar-refractivity contribution in [1.29, 1.82) is 0 Å². The first-order chi connectivity index (χ1) is 14.5. The van der Waals surface area contributed by atoms with E-state index < -0.39 is 0 Å². The second kappa shape index (κ2) is 17.0. The van der Waals surface area contributed by atoms with E-state index in [0.717, 1.165) is 21.8 Å². The lowest BCUT2D eigenvalue weighted by atomic mass is 10.1. The summed E-state index contributed by atoms with van der Waals surface area (Å²) < 4.78 is 0. The van der Waals surface area contributed by atoms with E-state index in [2.05, 4.69) is 28.7 Å². The van der Waals surface area contributed by atoms with Crippen LogP contribution in [0.25, 0.3) is 0 Å². The summed E-state index contributed by atoms with van der Waals surface area (Å²) >= 11 is 5.81. The minimum absolute atomic E-state index is 0.0984. The number of amides is 2. The maximum Gasteiger partial charge on any atom is 0.273 e. The molecule has 0 unspecified atom stereocenters. The van der Waals surface area contributed by atoms with Crippen LogP contribution in [0.1, 0.15) is 61.3 Å². The predicted molar refractivity (Wildman–Crippen MR) is 134 cm³/mol. The van der Waals surface area contributed by atoms with E-state index in [4.69, 9.17) is 11.6 Å². The Balaban J connectivity index is 0. The van der Waals surface area contributed by atoms with Crippen LogP contribution in [0, 0.1) is 0 Å². The molecule has 0 aromatic carbocycles. The lowest BCUT2D eigenvalue weighted by Crippen LogP contribution is -2.37. The van der Waals surface area contributed by atoms with Crippen LogP contribution >= 0.6 is 11.6 Å². The normalized spacial score (nSPS) is 13.1. The number of rotatable bonds is 6. The SMILES string of the molecule is C=C(C)/C=C\C(Cl)=C(C)C.C=N/C(=C\C=C(C)C)NC(=O)C1=NN(C)C(=O)CC1.CC. The van der Waals surface area contributed by atoms with Gasteiger partial charge in [0.1, 0.15) is 11.5 Å². The number of carbonyl (C=O) groups excluding carboxylic acids is 2. The lowest BCUT2D eigenvalue weighted by Gasteiger charge is -2.18. The molecule has 172 valence electrons. The fourth-order valence-electron chi connectivity index (χ4n) is 1.78. The van der Waals surface area contributed by atoms with E-state index in [0.29, 0.717) is 18.0 Å². The highest BCUT2D eigenvalue weighted by Gasteiger charge is 2.22. The van der Waals surface area contributed by atoms with Gasteiger partial charge in [0, 0.05) is 24.9 Å². The van der Waals surface area contributed by atoms with Crippen LogP contribution in [-0.2, 0) is 9.59 Å². The molecule has 2 amide bonds. The molecule has 1 N–H and O–H groups in total. The largest absolute Gasteiger partial charge is 0.305 e. The molecule has 0 saturated heterocycles. The standard InChI is InChI=1S/C13H18N4O2.C9H13Cl.C2H6/c1-9(2)5-7-11(14-3)15-13(19)10-6-8-12(18)17(4)16-10;1-7(2)5-6-9(10)8(3)4;1-2/h5,7H,3,6,8H2,1-2,4H3,(H,15,19);5-6H,1H2,2-4H3;1-2H3/b11-7+;6-5-;. The first kappa shape index (κ1) is 30.5. The number of hydrogen-bond donors (Lipinski definition) is 1. The molecule has 0 aromatic rings.